The predicted octanol–water partition coefficient (Wildman–Crippen LogP) is 3.13. The Labute approximate surface area is 120 Å². The van der Waals surface area contributed by atoms with Crippen molar-refractivity contribution in [1.29, 1.82) is 0 Å². The largest absolute Gasteiger partial charge is 0.497 e. The van der Waals surface area contributed by atoms with Crippen molar-refractivity contribution in [2.45, 2.75) is 20.4 Å². The van der Waals surface area contributed by atoms with Crippen LogP contribution in [0.3, 0.4) is 0 Å². The van der Waals surface area contributed by atoms with Gasteiger partial charge in [0.05, 0.1) is 14.2 Å². The molecule has 0 fully saturated rings. The van der Waals surface area contributed by atoms with Crippen molar-refractivity contribution in [3.8, 4) is 11.5 Å². The molecular formula is C15H21N3O2. The van der Waals surface area contributed by atoms with Gasteiger partial charge < -0.3 is 14.8 Å². The maximum absolute atomic E-state index is 5.32. The smallest absolute Gasteiger partial charge is 0.129 e. The Morgan fingerprint density at radius 2 is 1.90 bits per heavy atom. The SMILES string of the molecule is CC.COc1ccc(CNc2ccncn2)c(OC)c1. The van der Waals surface area contributed by atoms with Crippen LogP contribution in [0.1, 0.15) is 19.4 Å². The highest BCUT2D eigenvalue weighted by molar-refractivity contribution is 5.43. The van der Waals surface area contributed by atoms with Crippen LogP contribution >= 0.6 is 0 Å². The van der Waals surface area contributed by atoms with Crippen LogP contribution in [0.25, 0.3) is 0 Å². The van der Waals surface area contributed by atoms with Crippen molar-refractivity contribution in [3.63, 3.8) is 0 Å². The number of aromatic nitrogens is 2. The monoisotopic (exact) mass is 275 g/mol. The highest BCUT2D eigenvalue weighted by atomic mass is 16.5. The lowest BCUT2D eigenvalue weighted by Gasteiger charge is -2.11. The summed E-state index contributed by atoms with van der Waals surface area (Å²) in [5.74, 6) is 2.34. The number of hydrogen-bond donors (Lipinski definition) is 1. The molecule has 2 rings (SSSR count). The van der Waals surface area contributed by atoms with E-state index in [1.807, 2.05) is 38.1 Å². The third-order valence-electron chi connectivity index (χ3n) is 2.54. The molecule has 0 atom stereocenters. The molecule has 0 amide bonds. The number of hydrogen-bond acceptors (Lipinski definition) is 5. The van der Waals surface area contributed by atoms with Crippen LogP contribution in [0.2, 0.25) is 0 Å². The minimum absolute atomic E-state index is 0.629. The van der Waals surface area contributed by atoms with Gasteiger partial charge in [-0.3, -0.25) is 0 Å². The number of nitrogens with one attached hydrogen (secondary N) is 1. The molecular weight excluding hydrogens is 254 g/mol. The molecule has 0 radical (unpaired) electrons. The number of anilines is 1. The molecule has 20 heavy (non-hydrogen) atoms. The Kier molecular flexibility index (Phi) is 6.89. The number of rotatable bonds is 5. The lowest BCUT2D eigenvalue weighted by Crippen LogP contribution is -2.03. The molecule has 0 aliphatic heterocycles. The van der Waals surface area contributed by atoms with Gasteiger partial charge in [-0.1, -0.05) is 13.8 Å². The van der Waals surface area contributed by atoms with E-state index in [1.165, 1.54) is 6.33 Å². The van der Waals surface area contributed by atoms with Crippen molar-refractivity contribution in [1.82, 2.24) is 9.97 Å². The Morgan fingerprint density at radius 3 is 2.50 bits per heavy atom. The van der Waals surface area contributed by atoms with Crippen molar-refractivity contribution >= 4 is 5.82 Å². The molecule has 5 nitrogen and oxygen atoms in total. The fourth-order valence-electron chi connectivity index (χ4n) is 1.58. The van der Waals surface area contributed by atoms with Gasteiger partial charge in [0.15, 0.2) is 0 Å². The molecule has 108 valence electrons. The zero-order chi connectivity index (χ0) is 14.8. The highest BCUT2D eigenvalue weighted by Gasteiger charge is 2.04. The lowest BCUT2D eigenvalue weighted by atomic mass is 10.2. The van der Waals surface area contributed by atoms with Gasteiger partial charge in [0.2, 0.25) is 0 Å². The number of benzene rings is 1. The summed E-state index contributed by atoms with van der Waals surface area (Å²) in [5, 5.41) is 3.20. The number of methoxy groups -OCH3 is 2. The standard InChI is InChI=1S/C13H15N3O2.C2H6/c1-17-11-4-3-10(12(7-11)18-2)8-15-13-5-6-14-9-16-13;1-2/h3-7,9H,8H2,1-2H3,(H,14,15,16);1-2H3. The van der Waals surface area contributed by atoms with Crippen LogP contribution in [0.4, 0.5) is 5.82 Å². The van der Waals surface area contributed by atoms with Gasteiger partial charge in [0.1, 0.15) is 23.6 Å². The van der Waals surface area contributed by atoms with Crippen LogP contribution in [-0.2, 0) is 6.54 Å². The first-order valence-corrected chi connectivity index (χ1v) is 6.54. The van der Waals surface area contributed by atoms with Gasteiger partial charge in [0.25, 0.3) is 0 Å². The van der Waals surface area contributed by atoms with Crippen LogP contribution in [0, 0.1) is 0 Å². The van der Waals surface area contributed by atoms with Crippen LogP contribution < -0.4 is 14.8 Å². The zero-order valence-corrected chi connectivity index (χ0v) is 12.4. The minimum atomic E-state index is 0.629. The van der Waals surface area contributed by atoms with Crippen LogP contribution in [0.15, 0.2) is 36.8 Å². The number of ether oxygens (including phenoxy) is 2. The molecule has 1 N–H and O–H groups in total. The second-order valence-corrected chi connectivity index (χ2v) is 3.63. The summed E-state index contributed by atoms with van der Waals surface area (Å²) in [4.78, 5) is 7.96. The van der Waals surface area contributed by atoms with E-state index in [0.717, 1.165) is 22.9 Å². The summed E-state index contributed by atoms with van der Waals surface area (Å²) < 4.78 is 10.5. The first-order valence-electron chi connectivity index (χ1n) is 6.54. The fourth-order valence-corrected chi connectivity index (χ4v) is 1.58. The second-order valence-electron chi connectivity index (χ2n) is 3.63. The van der Waals surface area contributed by atoms with Gasteiger partial charge in [-0.2, -0.15) is 0 Å². The summed E-state index contributed by atoms with van der Waals surface area (Å²) in [6.45, 7) is 4.63. The van der Waals surface area contributed by atoms with E-state index in [2.05, 4.69) is 15.3 Å². The van der Waals surface area contributed by atoms with Crippen molar-refractivity contribution in [2.75, 3.05) is 19.5 Å². The average molecular weight is 275 g/mol. The molecule has 5 heteroatoms. The van der Waals surface area contributed by atoms with Crippen molar-refractivity contribution in [2.24, 2.45) is 0 Å². The van der Waals surface area contributed by atoms with Crippen molar-refractivity contribution < 1.29 is 9.47 Å². The summed E-state index contributed by atoms with van der Waals surface area (Å²) in [6.07, 6.45) is 3.20. The third-order valence-corrected chi connectivity index (χ3v) is 2.54. The Bertz CT molecular complexity index is 504. The number of nitrogens with zero attached hydrogens (tertiary/aromatic N) is 2. The summed E-state index contributed by atoms with van der Waals surface area (Å²) in [5.41, 5.74) is 1.04. The minimum Gasteiger partial charge on any atom is -0.497 e. The average Bonchev–Trinajstić information content (AvgIpc) is 2.55. The molecule has 1 heterocycles. The maximum atomic E-state index is 5.32. The van der Waals surface area contributed by atoms with Crippen molar-refractivity contribution in [3.05, 3.63) is 42.4 Å². The van der Waals surface area contributed by atoms with Gasteiger partial charge in [-0.15, -0.1) is 0 Å². The molecule has 0 spiro atoms. The van der Waals surface area contributed by atoms with E-state index in [9.17, 15) is 0 Å². The first-order chi connectivity index (χ1) is 9.83. The molecule has 0 saturated carbocycles. The quantitative estimate of drug-likeness (QED) is 0.908. The van der Waals surface area contributed by atoms with E-state index < -0.39 is 0 Å². The third kappa shape index (κ3) is 4.42. The molecule has 0 aliphatic carbocycles. The first kappa shape index (κ1) is 15.8. The van der Waals surface area contributed by atoms with E-state index in [-0.39, 0.29) is 0 Å². The normalized spacial score (nSPS) is 9.20. The van der Waals surface area contributed by atoms with E-state index in [0.29, 0.717) is 6.54 Å². The Hall–Kier alpha value is -2.30. The molecule has 0 bridgehead atoms. The molecule has 1 aromatic heterocycles. The van der Waals surface area contributed by atoms with Gasteiger partial charge in [0, 0.05) is 24.4 Å². The van der Waals surface area contributed by atoms with E-state index in [1.54, 1.807) is 20.4 Å². The maximum Gasteiger partial charge on any atom is 0.129 e. The van der Waals surface area contributed by atoms with Crippen LogP contribution in [0.5, 0.6) is 11.5 Å². The summed E-state index contributed by atoms with van der Waals surface area (Å²) in [7, 11) is 3.27. The van der Waals surface area contributed by atoms with E-state index in [4.69, 9.17) is 9.47 Å². The van der Waals surface area contributed by atoms with Crippen LogP contribution in [-0.4, -0.2) is 24.2 Å². The Morgan fingerprint density at radius 1 is 1.10 bits per heavy atom. The van der Waals surface area contributed by atoms with Gasteiger partial charge >= 0.3 is 0 Å². The summed E-state index contributed by atoms with van der Waals surface area (Å²) in [6, 6.07) is 7.54. The fraction of sp³-hybridized carbons (Fsp3) is 0.333. The van der Waals surface area contributed by atoms with Gasteiger partial charge in [-0.25, -0.2) is 9.97 Å². The predicted molar refractivity (Wildman–Crippen MR) is 80.3 cm³/mol. The molecule has 0 aliphatic rings. The Balaban J connectivity index is 0.000000956. The highest BCUT2D eigenvalue weighted by Crippen LogP contribution is 2.24. The lowest BCUT2D eigenvalue weighted by molar-refractivity contribution is 0.391. The molecule has 2 aromatic rings. The molecule has 0 unspecified atom stereocenters. The zero-order valence-electron chi connectivity index (χ0n) is 12.4. The molecule has 0 saturated heterocycles. The van der Waals surface area contributed by atoms with E-state index >= 15 is 0 Å². The topological polar surface area (TPSA) is 56.3 Å². The van der Waals surface area contributed by atoms with Gasteiger partial charge in [-0.05, 0) is 18.2 Å². The second kappa shape index (κ2) is 8.74. The molecule has 1 aromatic carbocycles. The summed E-state index contributed by atoms with van der Waals surface area (Å²) >= 11 is 0.